The zero-order chi connectivity index (χ0) is 15.6. The van der Waals surface area contributed by atoms with E-state index in [9.17, 15) is 4.79 Å². The molecule has 0 atom stereocenters. The molecule has 1 amide bonds. The van der Waals surface area contributed by atoms with Gasteiger partial charge in [-0.1, -0.05) is 29.8 Å². The zero-order valence-electron chi connectivity index (χ0n) is 13.7. The summed E-state index contributed by atoms with van der Waals surface area (Å²) in [4.78, 5) is 16.2. The Bertz CT molecular complexity index is 518. The summed E-state index contributed by atoms with van der Waals surface area (Å²) in [7, 11) is 0. The topological polar surface area (TPSA) is 32.8 Å². The molecule has 4 heteroatoms. The van der Waals surface area contributed by atoms with Crippen LogP contribution in [-0.4, -0.2) is 54.1 Å². The fourth-order valence-electron chi connectivity index (χ4n) is 3.45. The number of nitrogens with zero attached hydrogens (tertiary/aromatic N) is 2. The molecule has 0 N–H and O–H groups in total. The van der Waals surface area contributed by atoms with E-state index < -0.39 is 0 Å². The van der Waals surface area contributed by atoms with Crippen LogP contribution < -0.4 is 0 Å². The number of piperidine rings is 1. The number of likely N-dealkylation sites (N-methyl/N-ethyl adjacent to an activating group) is 1. The van der Waals surface area contributed by atoms with Crippen molar-refractivity contribution in [2.75, 3.05) is 32.8 Å². The van der Waals surface area contributed by atoms with Crippen LogP contribution in [0.25, 0.3) is 0 Å². The van der Waals surface area contributed by atoms with Gasteiger partial charge in [-0.15, -0.1) is 0 Å². The van der Waals surface area contributed by atoms with Crippen molar-refractivity contribution < 1.29 is 9.53 Å². The molecule has 0 radical (unpaired) electrons. The van der Waals surface area contributed by atoms with Gasteiger partial charge in [0.05, 0.1) is 5.60 Å². The number of carbonyl (C=O) groups excluding carboxylic acids is 1. The molecule has 0 aliphatic carbocycles. The van der Waals surface area contributed by atoms with Crippen molar-refractivity contribution in [2.45, 2.75) is 38.8 Å². The van der Waals surface area contributed by atoms with Crippen LogP contribution in [-0.2, 0) is 16.1 Å². The maximum atomic E-state index is 11.8. The summed E-state index contributed by atoms with van der Waals surface area (Å²) in [5.41, 5.74) is 2.57. The molecule has 3 rings (SSSR count). The predicted octanol–water partition coefficient (Wildman–Crippen LogP) is 2.21. The van der Waals surface area contributed by atoms with Gasteiger partial charge in [-0.3, -0.25) is 9.69 Å². The van der Waals surface area contributed by atoms with Crippen LogP contribution in [0.15, 0.2) is 24.3 Å². The Hall–Kier alpha value is -1.39. The van der Waals surface area contributed by atoms with Gasteiger partial charge < -0.3 is 9.64 Å². The number of amides is 1. The zero-order valence-corrected chi connectivity index (χ0v) is 13.7. The van der Waals surface area contributed by atoms with Crippen molar-refractivity contribution in [1.82, 2.24) is 9.80 Å². The highest BCUT2D eigenvalue weighted by molar-refractivity contribution is 5.78. The largest absolute Gasteiger partial charge is 0.363 e. The van der Waals surface area contributed by atoms with E-state index in [1.165, 1.54) is 11.1 Å². The highest BCUT2D eigenvalue weighted by Gasteiger charge is 2.41. The molecule has 2 aliphatic heterocycles. The quantitative estimate of drug-likeness (QED) is 0.858. The van der Waals surface area contributed by atoms with E-state index in [1.807, 2.05) is 11.8 Å². The number of benzene rings is 1. The normalized spacial score (nSPS) is 22.3. The van der Waals surface area contributed by atoms with E-state index in [4.69, 9.17) is 4.74 Å². The van der Waals surface area contributed by atoms with Crippen molar-refractivity contribution in [1.29, 1.82) is 0 Å². The third-order valence-corrected chi connectivity index (χ3v) is 5.01. The van der Waals surface area contributed by atoms with E-state index in [-0.39, 0.29) is 18.1 Å². The first-order valence-electron chi connectivity index (χ1n) is 8.30. The molecule has 2 heterocycles. The first-order chi connectivity index (χ1) is 10.6. The van der Waals surface area contributed by atoms with Gasteiger partial charge >= 0.3 is 0 Å². The Morgan fingerprint density at radius 3 is 2.50 bits per heavy atom. The fraction of sp³-hybridized carbons (Fsp3) is 0.611. The standard InChI is InChI=1S/C18H26N2O2/c1-3-20-14-18(22-13-17(20)21)8-10-19(11-9-18)12-16-6-4-15(2)5-7-16/h4-7H,3,8-14H2,1-2H3. The summed E-state index contributed by atoms with van der Waals surface area (Å²) in [6.07, 6.45) is 2.03. The van der Waals surface area contributed by atoms with Crippen molar-refractivity contribution in [2.24, 2.45) is 0 Å². The second-order valence-corrected chi connectivity index (χ2v) is 6.64. The molecule has 2 saturated heterocycles. The maximum absolute atomic E-state index is 11.8. The molecule has 0 unspecified atom stereocenters. The molecular weight excluding hydrogens is 276 g/mol. The lowest BCUT2D eigenvalue weighted by Crippen LogP contribution is -2.58. The molecule has 120 valence electrons. The SMILES string of the molecule is CCN1CC2(CCN(Cc3ccc(C)cc3)CC2)OCC1=O. The molecule has 0 bridgehead atoms. The van der Waals surface area contributed by atoms with Crippen molar-refractivity contribution >= 4 is 5.91 Å². The van der Waals surface area contributed by atoms with Crippen LogP contribution >= 0.6 is 0 Å². The first-order valence-corrected chi connectivity index (χ1v) is 8.30. The highest BCUT2D eigenvalue weighted by atomic mass is 16.5. The monoisotopic (exact) mass is 302 g/mol. The van der Waals surface area contributed by atoms with E-state index in [2.05, 4.69) is 36.1 Å². The summed E-state index contributed by atoms with van der Waals surface area (Å²) in [6.45, 7) is 9.06. The minimum absolute atomic E-state index is 0.103. The number of likely N-dealkylation sites (tertiary alicyclic amines) is 1. The number of aryl methyl sites for hydroxylation is 1. The average Bonchev–Trinajstić information content (AvgIpc) is 2.54. The summed E-state index contributed by atoms with van der Waals surface area (Å²) in [6, 6.07) is 8.79. The second kappa shape index (κ2) is 6.39. The van der Waals surface area contributed by atoms with Gasteiger partial charge in [-0.2, -0.15) is 0 Å². The maximum Gasteiger partial charge on any atom is 0.248 e. The van der Waals surface area contributed by atoms with E-state index in [1.54, 1.807) is 0 Å². The summed E-state index contributed by atoms with van der Waals surface area (Å²) < 4.78 is 5.95. The Labute approximate surface area is 133 Å². The summed E-state index contributed by atoms with van der Waals surface area (Å²) in [5.74, 6) is 0.134. The Morgan fingerprint density at radius 1 is 1.18 bits per heavy atom. The van der Waals surface area contributed by atoms with Crippen molar-refractivity contribution in [3.05, 3.63) is 35.4 Å². The molecule has 1 spiro atoms. The Morgan fingerprint density at radius 2 is 1.86 bits per heavy atom. The first kappa shape index (κ1) is 15.5. The lowest BCUT2D eigenvalue weighted by Gasteiger charge is -2.46. The van der Waals surface area contributed by atoms with E-state index in [0.717, 1.165) is 45.6 Å². The van der Waals surface area contributed by atoms with Gasteiger partial charge in [-0.05, 0) is 32.3 Å². The van der Waals surface area contributed by atoms with E-state index in [0.29, 0.717) is 0 Å². The molecule has 1 aromatic carbocycles. The smallest absolute Gasteiger partial charge is 0.248 e. The molecular formula is C18H26N2O2. The van der Waals surface area contributed by atoms with Crippen molar-refractivity contribution in [3.63, 3.8) is 0 Å². The molecule has 1 aromatic rings. The lowest BCUT2D eigenvalue weighted by molar-refractivity contribution is -0.171. The number of carbonyl (C=O) groups is 1. The number of ether oxygens (including phenoxy) is 1. The predicted molar refractivity (Wildman–Crippen MR) is 86.6 cm³/mol. The van der Waals surface area contributed by atoms with Gasteiger partial charge in [0.25, 0.3) is 0 Å². The average molecular weight is 302 g/mol. The molecule has 0 aromatic heterocycles. The summed E-state index contributed by atoms with van der Waals surface area (Å²) in [5, 5.41) is 0. The lowest BCUT2D eigenvalue weighted by atomic mass is 9.89. The van der Waals surface area contributed by atoms with Crippen LogP contribution in [0.3, 0.4) is 0 Å². The highest BCUT2D eigenvalue weighted by Crippen LogP contribution is 2.31. The van der Waals surface area contributed by atoms with Crippen LogP contribution in [0.2, 0.25) is 0 Å². The molecule has 2 fully saturated rings. The number of hydrogen-bond donors (Lipinski definition) is 0. The van der Waals surface area contributed by atoms with Crippen molar-refractivity contribution in [3.8, 4) is 0 Å². The minimum Gasteiger partial charge on any atom is -0.363 e. The number of rotatable bonds is 3. The van der Waals surface area contributed by atoms with Crippen LogP contribution in [0, 0.1) is 6.92 Å². The number of morpholine rings is 1. The van der Waals surface area contributed by atoms with Crippen LogP contribution in [0.4, 0.5) is 0 Å². The molecule has 4 nitrogen and oxygen atoms in total. The third-order valence-electron chi connectivity index (χ3n) is 5.01. The van der Waals surface area contributed by atoms with Gasteiger partial charge in [0.15, 0.2) is 0 Å². The fourth-order valence-corrected chi connectivity index (χ4v) is 3.45. The Kier molecular flexibility index (Phi) is 4.50. The van der Waals surface area contributed by atoms with Crippen LogP contribution in [0.5, 0.6) is 0 Å². The molecule has 2 aliphatic rings. The summed E-state index contributed by atoms with van der Waals surface area (Å²) >= 11 is 0. The minimum atomic E-state index is -0.103. The molecule has 22 heavy (non-hydrogen) atoms. The van der Waals surface area contributed by atoms with Gasteiger partial charge in [0.1, 0.15) is 6.61 Å². The van der Waals surface area contributed by atoms with Gasteiger partial charge in [0, 0.05) is 32.7 Å². The third kappa shape index (κ3) is 3.33. The second-order valence-electron chi connectivity index (χ2n) is 6.64. The van der Waals surface area contributed by atoms with Crippen LogP contribution in [0.1, 0.15) is 30.9 Å². The Balaban J connectivity index is 1.56. The van der Waals surface area contributed by atoms with Gasteiger partial charge in [-0.25, -0.2) is 0 Å². The number of hydrogen-bond acceptors (Lipinski definition) is 3. The van der Waals surface area contributed by atoms with Gasteiger partial charge in [0.2, 0.25) is 5.91 Å². The molecule has 0 saturated carbocycles. The van der Waals surface area contributed by atoms with E-state index >= 15 is 0 Å².